The Labute approximate surface area is 175 Å². The molecule has 0 N–H and O–H groups in total. The molecule has 0 heterocycles. The molecular weight excluding hydrogens is 387 g/mol. The van der Waals surface area contributed by atoms with Gasteiger partial charge in [0, 0.05) is 0 Å². The first-order valence-corrected chi connectivity index (χ1v) is 12.9. The van der Waals surface area contributed by atoms with Crippen molar-refractivity contribution in [1.29, 1.82) is 0 Å². The predicted octanol–water partition coefficient (Wildman–Crippen LogP) is 7.61. The second kappa shape index (κ2) is 12.8. The SMILES string of the molecule is CC1=[C-]C(C)C(C)=C1.CC1=[C-]C(C)C(C)=C1.CC[Si](Cl)(Cl)CC.[Ti+2]. The molecule has 0 aromatic carbocycles. The van der Waals surface area contributed by atoms with Crippen molar-refractivity contribution in [2.45, 2.75) is 67.5 Å². The summed E-state index contributed by atoms with van der Waals surface area (Å²) in [4.78, 5) is 0. The molecule has 2 aliphatic rings. The van der Waals surface area contributed by atoms with Crippen molar-refractivity contribution >= 4 is 28.9 Å². The molecule has 0 aliphatic heterocycles. The van der Waals surface area contributed by atoms with Gasteiger partial charge in [-0.3, -0.25) is 12.2 Å². The van der Waals surface area contributed by atoms with Crippen LogP contribution in [-0.2, 0) is 21.7 Å². The quantitative estimate of drug-likeness (QED) is 0.246. The number of halogens is 2. The molecule has 0 amide bonds. The van der Waals surface area contributed by atoms with Crippen LogP contribution < -0.4 is 0 Å². The smallest absolute Gasteiger partial charge is 0.266 e. The minimum absolute atomic E-state index is 0. The first-order chi connectivity index (χ1) is 10.5. The molecule has 0 saturated heterocycles. The minimum atomic E-state index is -1.71. The molecule has 134 valence electrons. The first-order valence-electron chi connectivity index (χ1n) is 8.46. The largest absolute Gasteiger partial charge is 2.00 e. The molecule has 0 saturated carbocycles. The molecule has 0 radical (unpaired) electrons. The average Bonchev–Trinajstić information content (AvgIpc) is 2.92. The summed E-state index contributed by atoms with van der Waals surface area (Å²) >= 11 is 11.6. The monoisotopic (exact) mass is 418 g/mol. The van der Waals surface area contributed by atoms with Gasteiger partial charge in [0.1, 0.15) is 0 Å². The van der Waals surface area contributed by atoms with Gasteiger partial charge in [0.15, 0.2) is 0 Å². The summed E-state index contributed by atoms with van der Waals surface area (Å²) in [5.74, 6) is 1.13. The number of hydrogen-bond acceptors (Lipinski definition) is 0. The minimum Gasteiger partial charge on any atom is -0.266 e. The molecule has 4 heteroatoms. The van der Waals surface area contributed by atoms with Crippen LogP contribution in [0.4, 0.5) is 0 Å². The first kappa shape index (κ1) is 26.7. The molecular formula is C20H32Cl2SiTi. The van der Waals surface area contributed by atoms with Gasteiger partial charge < -0.3 is 0 Å². The summed E-state index contributed by atoms with van der Waals surface area (Å²) < 4.78 is 0. The topological polar surface area (TPSA) is 0 Å². The van der Waals surface area contributed by atoms with Gasteiger partial charge in [-0.2, -0.15) is 11.1 Å². The van der Waals surface area contributed by atoms with Gasteiger partial charge in [-0.25, -0.2) is 23.3 Å². The predicted molar refractivity (Wildman–Crippen MR) is 109 cm³/mol. The Balaban J connectivity index is 0. The van der Waals surface area contributed by atoms with Gasteiger partial charge in [0.25, 0.3) is 6.69 Å². The van der Waals surface area contributed by atoms with E-state index in [2.05, 4.69) is 65.8 Å². The van der Waals surface area contributed by atoms with E-state index in [9.17, 15) is 0 Å². The summed E-state index contributed by atoms with van der Waals surface area (Å²) in [6.45, 7) is 15.2. The van der Waals surface area contributed by atoms with Crippen LogP contribution in [0.5, 0.6) is 0 Å². The molecule has 24 heavy (non-hydrogen) atoms. The Morgan fingerprint density at radius 3 is 1.17 bits per heavy atom. The Kier molecular flexibility index (Phi) is 14.2. The summed E-state index contributed by atoms with van der Waals surface area (Å²) in [5, 5.41) is 0. The van der Waals surface area contributed by atoms with Crippen molar-refractivity contribution < 1.29 is 21.7 Å². The summed E-state index contributed by atoms with van der Waals surface area (Å²) in [7, 11) is 0. The van der Waals surface area contributed by atoms with E-state index in [-0.39, 0.29) is 21.7 Å². The van der Waals surface area contributed by atoms with Crippen LogP contribution in [-0.4, -0.2) is 6.69 Å². The van der Waals surface area contributed by atoms with Crippen molar-refractivity contribution in [2.24, 2.45) is 11.8 Å². The molecule has 2 rings (SSSR count). The Morgan fingerprint density at radius 2 is 1.12 bits per heavy atom. The van der Waals surface area contributed by atoms with Crippen molar-refractivity contribution in [2.75, 3.05) is 0 Å². The molecule has 0 bridgehead atoms. The van der Waals surface area contributed by atoms with E-state index in [1.165, 1.54) is 22.3 Å². The van der Waals surface area contributed by atoms with Crippen LogP contribution >= 0.6 is 22.2 Å². The standard InChI is InChI=1S/2C8H11.C4H10Cl2Si.Ti/c2*1-6-4-7(2)8(3)5-6;1-3-7(5,6)4-2;/h2*4,8H,1-3H3;3-4H2,1-2H3;/q2*-1;;+2. The fraction of sp³-hybridized carbons (Fsp3) is 0.600. The van der Waals surface area contributed by atoms with E-state index in [4.69, 9.17) is 22.2 Å². The van der Waals surface area contributed by atoms with E-state index >= 15 is 0 Å². The zero-order valence-corrected chi connectivity index (χ0v) is 20.6. The zero-order chi connectivity index (χ0) is 18.2. The van der Waals surface area contributed by atoms with Crippen molar-refractivity contribution in [3.63, 3.8) is 0 Å². The van der Waals surface area contributed by atoms with Crippen molar-refractivity contribution in [3.05, 3.63) is 46.6 Å². The van der Waals surface area contributed by atoms with Gasteiger partial charge in [0.2, 0.25) is 0 Å². The zero-order valence-electron chi connectivity index (χ0n) is 16.5. The number of allylic oxidation sites excluding steroid dienone is 8. The van der Waals surface area contributed by atoms with E-state index in [1.54, 1.807) is 0 Å². The van der Waals surface area contributed by atoms with Gasteiger partial charge in [0.05, 0.1) is 0 Å². The normalized spacial score (nSPS) is 21.9. The maximum absolute atomic E-state index is 5.81. The fourth-order valence-corrected chi connectivity index (χ4v) is 2.68. The Hall–Kier alpha value is 0.471. The van der Waals surface area contributed by atoms with Gasteiger partial charge in [-0.1, -0.05) is 67.2 Å². The summed E-state index contributed by atoms with van der Waals surface area (Å²) in [6, 6.07) is 1.93. The third kappa shape index (κ3) is 11.2. The fourth-order valence-electron chi connectivity index (χ4n) is 2.18. The van der Waals surface area contributed by atoms with Crippen LogP contribution in [0.3, 0.4) is 0 Å². The van der Waals surface area contributed by atoms with E-state index in [0.717, 1.165) is 12.1 Å². The molecule has 0 fully saturated rings. The average molecular weight is 419 g/mol. The molecule has 0 aromatic rings. The maximum Gasteiger partial charge on any atom is 2.00 e. The molecule has 0 spiro atoms. The maximum atomic E-state index is 5.81. The van der Waals surface area contributed by atoms with Gasteiger partial charge in [-0.05, 0) is 12.1 Å². The van der Waals surface area contributed by atoms with Crippen molar-refractivity contribution in [3.8, 4) is 0 Å². The Bertz CT molecular complexity index is 458. The third-order valence-corrected chi connectivity index (χ3v) is 9.45. The number of rotatable bonds is 2. The van der Waals surface area contributed by atoms with E-state index in [0.29, 0.717) is 11.8 Å². The molecule has 0 aromatic heterocycles. The third-order valence-electron chi connectivity index (χ3n) is 4.18. The van der Waals surface area contributed by atoms with Crippen LogP contribution in [0.2, 0.25) is 12.1 Å². The molecule has 0 nitrogen and oxygen atoms in total. The number of hydrogen-bond donors (Lipinski definition) is 0. The van der Waals surface area contributed by atoms with E-state index < -0.39 is 6.69 Å². The summed E-state index contributed by atoms with van der Waals surface area (Å²) in [5.41, 5.74) is 5.44. The van der Waals surface area contributed by atoms with Crippen LogP contribution in [0.25, 0.3) is 0 Å². The molecule has 2 atom stereocenters. The molecule has 2 aliphatic carbocycles. The van der Waals surface area contributed by atoms with Crippen molar-refractivity contribution in [1.82, 2.24) is 0 Å². The second-order valence-electron chi connectivity index (χ2n) is 6.44. The van der Waals surface area contributed by atoms with Gasteiger partial charge >= 0.3 is 21.7 Å². The van der Waals surface area contributed by atoms with Crippen LogP contribution in [0.1, 0.15) is 55.4 Å². The van der Waals surface area contributed by atoms with Gasteiger partial charge in [-0.15, -0.1) is 22.2 Å². The van der Waals surface area contributed by atoms with Crippen LogP contribution in [0, 0.1) is 24.0 Å². The summed E-state index contributed by atoms with van der Waals surface area (Å²) in [6.07, 6.45) is 11.0. The van der Waals surface area contributed by atoms with Crippen LogP contribution in [0.15, 0.2) is 34.4 Å². The second-order valence-corrected chi connectivity index (χ2v) is 14.5. The van der Waals surface area contributed by atoms with E-state index in [1.807, 2.05) is 13.8 Å². The Morgan fingerprint density at radius 1 is 0.833 bits per heavy atom. The molecule has 2 unspecified atom stereocenters.